The molecule has 0 saturated heterocycles. The van der Waals surface area contributed by atoms with E-state index in [0.717, 1.165) is 0 Å². The van der Waals surface area contributed by atoms with Crippen molar-refractivity contribution in [3.05, 3.63) is 60.7 Å². The number of benzene rings is 2. The molecule has 0 bridgehead atoms. The smallest absolute Gasteiger partial charge is 0.317 e. The van der Waals surface area contributed by atoms with Gasteiger partial charge in [-0.3, -0.25) is 4.79 Å². The van der Waals surface area contributed by atoms with Gasteiger partial charge in [-0.15, -0.1) is 0 Å². The lowest BCUT2D eigenvalue weighted by atomic mass is 10.4. The van der Waals surface area contributed by atoms with Gasteiger partial charge in [0.15, 0.2) is 0 Å². The summed E-state index contributed by atoms with van der Waals surface area (Å²) in [6, 6.07) is 20.4. The molecule has 0 N–H and O–H groups in total. The quantitative estimate of drug-likeness (QED) is 0.468. The maximum Gasteiger partial charge on any atom is 0.317 e. The average Bonchev–Trinajstić information content (AvgIpc) is 2.50. The second kappa shape index (κ2) is 7.41. The molecule has 2 aromatic carbocycles. The molecule has 2 rings (SSSR count). The van der Waals surface area contributed by atoms with Crippen molar-refractivity contribution in [2.45, 2.75) is 11.4 Å². The highest BCUT2D eigenvalue weighted by atomic mass is 79.9. The summed E-state index contributed by atoms with van der Waals surface area (Å²) >= 11 is 3.57. The number of carbonyl (C=O) groups is 1. The first-order valence-electron chi connectivity index (χ1n) is 6.64. The van der Waals surface area contributed by atoms with Crippen LogP contribution in [0.3, 0.4) is 0 Å². The molecule has 0 aliphatic rings. The minimum absolute atomic E-state index is 0.170. The Kier molecular flexibility index (Phi) is 5.56. The van der Waals surface area contributed by atoms with Gasteiger partial charge in [0.05, 0.1) is 6.61 Å². The van der Waals surface area contributed by atoms with E-state index in [9.17, 15) is 4.79 Å². The minimum Gasteiger partial charge on any atom is -0.465 e. The summed E-state index contributed by atoms with van der Waals surface area (Å²) in [4.78, 5) is 12.1. The first-order chi connectivity index (χ1) is 9.74. The molecule has 1 atom stereocenters. The molecule has 2 aromatic rings. The number of hydrogen-bond acceptors (Lipinski definition) is 2. The van der Waals surface area contributed by atoms with E-state index in [1.54, 1.807) is 0 Å². The van der Waals surface area contributed by atoms with Gasteiger partial charge in [-0.2, -0.15) is 0 Å². The van der Waals surface area contributed by atoms with Crippen molar-refractivity contribution in [2.24, 2.45) is 0 Å². The highest BCUT2D eigenvalue weighted by Crippen LogP contribution is 2.09. The molecule has 0 spiro atoms. The summed E-state index contributed by atoms with van der Waals surface area (Å²) in [7, 11) is -1.69. The topological polar surface area (TPSA) is 26.3 Å². The highest BCUT2D eigenvalue weighted by Gasteiger charge is 2.31. The van der Waals surface area contributed by atoms with Crippen molar-refractivity contribution < 1.29 is 9.53 Å². The third kappa shape index (κ3) is 3.58. The van der Waals surface area contributed by atoms with Crippen LogP contribution in [0, 0.1) is 0 Å². The molecule has 2 nitrogen and oxygen atoms in total. The Morgan fingerprint density at radius 1 is 1.05 bits per heavy atom. The van der Waals surface area contributed by atoms with Crippen molar-refractivity contribution >= 4 is 41.1 Å². The molecule has 0 heterocycles. The van der Waals surface area contributed by atoms with Crippen LogP contribution in [0.15, 0.2) is 60.7 Å². The lowest BCUT2D eigenvalue weighted by molar-refractivity contribution is -0.140. The molecule has 0 aliphatic heterocycles. The van der Waals surface area contributed by atoms with Gasteiger partial charge in [-0.25, -0.2) is 0 Å². The minimum atomic E-state index is -1.69. The van der Waals surface area contributed by atoms with Crippen molar-refractivity contribution in [3.63, 3.8) is 0 Å². The van der Waals surface area contributed by atoms with Crippen molar-refractivity contribution in [1.29, 1.82) is 0 Å². The number of carbonyl (C=O) groups excluding carboxylic acids is 1. The highest BCUT2D eigenvalue weighted by molar-refractivity contribution is 9.10. The van der Waals surface area contributed by atoms with E-state index < -0.39 is 8.80 Å². The Bertz CT molecular complexity index is 505. The van der Waals surface area contributed by atoms with E-state index in [2.05, 4.69) is 40.2 Å². The van der Waals surface area contributed by atoms with Crippen LogP contribution in [0.2, 0.25) is 0 Å². The van der Waals surface area contributed by atoms with Gasteiger partial charge in [0.1, 0.15) is 13.2 Å². The second-order valence-electron chi connectivity index (χ2n) is 4.45. The van der Waals surface area contributed by atoms with Gasteiger partial charge < -0.3 is 4.74 Å². The number of ether oxygens (including phenoxy) is 1. The monoisotopic (exact) mass is 348 g/mol. The van der Waals surface area contributed by atoms with Crippen molar-refractivity contribution in [1.82, 2.24) is 0 Å². The summed E-state index contributed by atoms with van der Waals surface area (Å²) in [5.74, 6) is -0.170. The normalized spacial score (nSPS) is 12.2. The predicted octanol–water partition coefficient (Wildman–Crippen LogP) is 1.89. The Hall–Kier alpha value is -1.39. The summed E-state index contributed by atoms with van der Waals surface area (Å²) in [5, 5.41) is 2.46. The molecule has 0 aliphatic carbocycles. The average molecular weight is 349 g/mol. The van der Waals surface area contributed by atoms with E-state index >= 15 is 0 Å². The zero-order valence-electron chi connectivity index (χ0n) is 11.3. The largest absolute Gasteiger partial charge is 0.465 e. The van der Waals surface area contributed by atoms with Crippen LogP contribution in [0.4, 0.5) is 0 Å². The summed E-state index contributed by atoms with van der Waals surface area (Å²) in [6.07, 6.45) is 0. The molecular formula is C16H17BrO2Si. The number of rotatable bonds is 5. The fourth-order valence-corrected chi connectivity index (χ4v) is 6.88. The van der Waals surface area contributed by atoms with E-state index in [0.29, 0.717) is 6.61 Å². The zero-order chi connectivity index (χ0) is 14.4. The third-order valence-corrected chi connectivity index (χ3v) is 8.15. The van der Waals surface area contributed by atoms with E-state index in [4.69, 9.17) is 4.74 Å². The number of esters is 1. The molecule has 1 unspecified atom stereocenters. The summed E-state index contributed by atoms with van der Waals surface area (Å²) in [6.45, 7) is 2.24. The van der Waals surface area contributed by atoms with Crippen LogP contribution in [-0.2, 0) is 9.53 Å². The Labute approximate surface area is 129 Å². The molecular weight excluding hydrogens is 332 g/mol. The molecule has 0 saturated carbocycles. The van der Waals surface area contributed by atoms with Gasteiger partial charge in [0, 0.05) is 0 Å². The van der Waals surface area contributed by atoms with Gasteiger partial charge >= 0.3 is 5.97 Å². The van der Waals surface area contributed by atoms with Crippen LogP contribution in [-0.4, -0.2) is 25.8 Å². The van der Waals surface area contributed by atoms with Crippen LogP contribution >= 0.6 is 15.9 Å². The van der Waals surface area contributed by atoms with Crippen molar-refractivity contribution in [2.75, 3.05) is 6.61 Å². The van der Waals surface area contributed by atoms with E-state index in [-0.39, 0.29) is 10.4 Å². The van der Waals surface area contributed by atoms with Gasteiger partial charge in [0.25, 0.3) is 0 Å². The first kappa shape index (κ1) is 15.0. The van der Waals surface area contributed by atoms with E-state index in [1.165, 1.54) is 10.4 Å². The van der Waals surface area contributed by atoms with Crippen LogP contribution < -0.4 is 10.4 Å². The zero-order valence-corrected chi connectivity index (χ0v) is 14.1. The van der Waals surface area contributed by atoms with Crippen LogP contribution in [0.1, 0.15) is 6.92 Å². The SMILES string of the molecule is CCOC(=O)C(Br)[SiH](c1ccccc1)c1ccccc1. The lowest BCUT2D eigenvalue weighted by Crippen LogP contribution is -2.52. The van der Waals surface area contributed by atoms with Crippen molar-refractivity contribution in [3.8, 4) is 0 Å². The van der Waals surface area contributed by atoms with Crippen LogP contribution in [0.5, 0.6) is 0 Å². The van der Waals surface area contributed by atoms with Gasteiger partial charge in [0.2, 0.25) is 0 Å². The maximum atomic E-state index is 12.1. The second-order valence-corrected chi connectivity index (χ2v) is 9.37. The lowest BCUT2D eigenvalue weighted by Gasteiger charge is -2.20. The predicted molar refractivity (Wildman–Crippen MR) is 88.6 cm³/mol. The fourth-order valence-electron chi connectivity index (χ4n) is 2.21. The Morgan fingerprint density at radius 3 is 1.90 bits per heavy atom. The molecule has 0 aromatic heterocycles. The molecule has 0 fully saturated rings. The maximum absolute atomic E-state index is 12.1. The standard InChI is InChI=1S/C16H17BrO2Si/c1-2-19-16(18)15(17)20(13-9-5-3-6-10-13)14-11-7-4-8-12-14/h3-12,15,20H,2H2,1H3. The summed E-state index contributed by atoms with van der Waals surface area (Å²) < 4.78 is 4.92. The third-order valence-electron chi connectivity index (χ3n) is 3.12. The Balaban J connectivity index is 2.37. The first-order valence-corrected chi connectivity index (χ1v) is 9.38. The van der Waals surface area contributed by atoms with E-state index in [1.807, 2.05) is 43.3 Å². The Morgan fingerprint density at radius 2 is 1.50 bits per heavy atom. The number of alkyl halides is 1. The fraction of sp³-hybridized carbons (Fsp3) is 0.188. The number of halogens is 1. The van der Waals surface area contributed by atoms with Gasteiger partial charge in [-0.1, -0.05) is 87.0 Å². The molecule has 4 heteroatoms. The number of hydrogen-bond donors (Lipinski definition) is 0. The molecule has 0 radical (unpaired) electrons. The summed E-state index contributed by atoms with van der Waals surface area (Å²) in [5.41, 5.74) is 0. The molecule has 104 valence electrons. The molecule has 20 heavy (non-hydrogen) atoms. The van der Waals surface area contributed by atoms with Crippen LogP contribution in [0.25, 0.3) is 0 Å². The van der Waals surface area contributed by atoms with Gasteiger partial charge in [-0.05, 0) is 6.92 Å². The molecule has 0 amide bonds.